The molecular formula is C15H16O3. The highest BCUT2D eigenvalue weighted by Gasteiger charge is 2.30. The van der Waals surface area contributed by atoms with Crippen molar-refractivity contribution in [1.82, 2.24) is 0 Å². The van der Waals surface area contributed by atoms with Gasteiger partial charge in [0.1, 0.15) is 11.9 Å². The van der Waals surface area contributed by atoms with Crippen molar-refractivity contribution in [3.8, 4) is 0 Å². The van der Waals surface area contributed by atoms with E-state index in [1.807, 2.05) is 13.0 Å². The van der Waals surface area contributed by atoms with Crippen molar-refractivity contribution in [3.05, 3.63) is 46.4 Å². The molecule has 3 heteroatoms. The number of carbonyl (C=O) groups excluding carboxylic acids is 1. The summed E-state index contributed by atoms with van der Waals surface area (Å²) in [6.45, 7) is 4.09. The smallest absolute Gasteiger partial charge is 0.334 e. The molecule has 1 aliphatic heterocycles. The van der Waals surface area contributed by atoms with E-state index in [2.05, 4.69) is 13.0 Å². The molecule has 0 unspecified atom stereocenters. The zero-order chi connectivity index (χ0) is 12.7. The Labute approximate surface area is 106 Å². The van der Waals surface area contributed by atoms with Crippen LogP contribution in [0.25, 0.3) is 0 Å². The molecule has 0 fully saturated rings. The Kier molecular flexibility index (Phi) is 2.62. The van der Waals surface area contributed by atoms with Crippen molar-refractivity contribution in [3.63, 3.8) is 0 Å². The average Bonchev–Trinajstić information content (AvgIpc) is 2.83. The van der Waals surface area contributed by atoms with E-state index in [9.17, 15) is 4.79 Å². The second kappa shape index (κ2) is 4.16. The number of fused-ring (bicyclic) bond motifs is 3. The van der Waals surface area contributed by atoms with Crippen molar-refractivity contribution in [1.29, 1.82) is 0 Å². The van der Waals surface area contributed by atoms with Crippen LogP contribution in [0, 0.1) is 6.92 Å². The third-order valence-corrected chi connectivity index (χ3v) is 3.58. The lowest BCUT2D eigenvalue weighted by Gasteiger charge is -2.10. The van der Waals surface area contributed by atoms with Gasteiger partial charge in [-0.15, -0.1) is 0 Å². The molecule has 0 saturated carbocycles. The van der Waals surface area contributed by atoms with E-state index in [1.54, 1.807) is 6.26 Å². The Hall–Kier alpha value is -1.77. The zero-order valence-corrected chi connectivity index (χ0v) is 10.7. The second-order valence-corrected chi connectivity index (χ2v) is 5.04. The maximum atomic E-state index is 11.8. The third kappa shape index (κ3) is 1.80. The fourth-order valence-electron chi connectivity index (χ4n) is 2.63. The predicted molar refractivity (Wildman–Crippen MR) is 67.1 cm³/mol. The first-order valence-electron chi connectivity index (χ1n) is 6.29. The standard InChI is InChI=1S/C15H16O3/c1-9-4-3-5-11-7-13(18-15(11)16)14-10(2)8-17-12(14)6-9/h4,7-8,13H,3,5-6H2,1-2H3/b9-4+/t13-/m0/s1. The van der Waals surface area contributed by atoms with Gasteiger partial charge in [-0.25, -0.2) is 4.79 Å². The monoisotopic (exact) mass is 244 g/mol. The molecule has 0 aromatic carbocycles. The number of carbonyl (C=O) groups is 1. The van der Waals surface area contributed by atoms with E-state index in [-0.39, 0.29) is 12.1 Å². The van der Waals surface area contributed by atoms with E-state index < -0.39 is 0 Å². The van der Waals surface area contributed by atoms with Crippen LogP contribution >= 0.6 is 0 Å². The molecular weight excluding hydrogens is 228 g/mol. The van der Waals surface area contributed by atoms with Crippen molar-refractivity contribution in [2.75, 3.05) is 0 Å². The summed E-state index contributed by atoms with van der Waals surface area (Å²) in [4.78, 5) is 11.8. The van der Waals surface area contributed by atoms with Crippen LogP contribution in [0.4, 0.5) is 0 Å². The minimum absolute atomic E-state index is 0.181. The van der Waals surface area contributed by atoms with Gasteiger partial charge in [-0.05, 0) is 38.3 Å². The Morgan fingerprint density at radius 2 is 2.17 bits per heavy atom. The highest BCUT2D eigenvalue weighted by Crippen LogP contribution is 2.36. The molecule has 2 aliphatic rings. The van der Waals surface area contributed by atoms with Crippen molar-refractivity contribution < 1.29 is 13.9 Å². The summed E-state index contributed by atoms with van der Waals surface area (Å²) in [5.41, 5.74) is 4.14. The first-order valence-corrected chi connectivity index (χ1v) is 6.29. The molecule has 0 N–H and O–H groups in total. The van der Waals surface area contributed by atoms with Crippen molar-refractivity contribution in [2.45, 2.75) is 39.2 Å². The van der Waals surface area contributed by atoms with Gasteiger partial charge in [-0.2, -0.15) is 0 Å². The second-order valence-electron chi connectivity index (χ2n) is 5.04. The van der Waals surface area contributed by atoms with E-state index in [4.69, 9.17) is 9.15 Å². The van der Waals surface area contributed by atoms with Gasteiger partial charge in [0.2, 0.25) is 0 Å². The van der Waals surface area contributed by atoms with E-state index in [0.29, 0.717) is 0 Å². The summed E-state index contributed by atoms with van der Waals surface area (Å²) >= 11 is 0. The van der Waals surface area contributed by atoms with Crippen LogP contribution in [-0.4, -0.2) is 5.97 Å². The fourth-order valence-corrected chi connectivity index (χ4v) is 2.63. The fraction of sp³-hybridized carbons (Fsp3) is 0.400. The first kappa shape index (κ1) is 11.3. The van der Waals surface area contributed by atoms with Gasteiger partial charge < -0.3 is 9.15 Å². The lowest BCUT2D eigenvalue weighted by atomic mass is 9.98. The Morgan fingerprint density at radius 1 is 1.33 bits per heavy atom. The first-order chi connectivity index (χ1) is 8.65. The molecule has 18 heavy (non-hydrogen) atoms. The number of esters is 1. The van der Waals surface area contributed by atoms with Crippen molar-refractivity contribution in [2.24, 2.45) is 0 Å². The van der Waals surface area contributed by atoms with Gasteiger partial charge in [-0.1, -0.05) is 11.6 Å². The SMILES string of the molecule is C/C1=C\CCC2=C[C@H](OC2=O)c2c(C)coc2C1. The minimum atomic E-state index is -0.257. The maximum absolute atomic E-state index is 11.8. The number of ether oxygens (including phenoxy) is 1. The number of furan rings is 1. The molecule has 3 nitrogen and oxygen atoms in total. The van der Waals surface area contributed by atoms with E-state index >= 15 is 0 Å². The van der Waals surface area contributed by atoms with Crippen LogP contribution < -0.4 is 0 Å². The topological polar surface area (TPSA) is 39.4 Å². The Balaban J connectivity index is 2.10. The normalized spacial score (nSPS) is 25.9. The van der Waals surface area contributed by atoms with Crippen LogP contribution in [0.5, 0.6) is 0 Å². The molecule has 1 aliphatic carbocycles. The van der Waals surface area contributed by atoms with Gasteiger partial charge >= 0.3 is 5.97 Å². The molecule has 0 saturated heterocycles. The van der Waals surface area contributed by atoms with Crippen LogP contribution in [-0.2, 0) is 16.0 Å². The molecule has 94 valence electrons. The van der Waals surface area contributed by atoms with Gasteiger partial charge in [0.05, 0.1) is 6.26 Å². The average molecular weight is 244 g/mol. The lowest BCUT2D eigenvalue weighted by Crippen LogP contribution is -2.04. The third-order valence-electron chi connectivity index (χ3n) is 3.58. The molecule has 3 rings (SSSR count). The Morgan fingerprint density at radius 3 is 3.00 bits per heavy atom. The highest BCUT2D eigenvalue weighted by atomic mass is 16.5. The predicted octanol–water partition coefficient (Wildman–Crippen LogP) is 3.39. The van der Waals surface area contributed by atoms with E-state index in [1.165, 1.54) is 5.57 Å². The highest BCUT2D eigenvalue weighted by molar-refractivity contribution is 5.91. The minimum Gasteiger partial charge on any atom is -0.468 e. The number of hydrogen-bond donors (Lipinski definition) is 0. The molecule has 1 atom stereocenters. The van der Waals surface area contributed by atoms with Gasteiger partial charge in [0, 0.05) is 17.6 Å². The molecule has 0 amide bonds. The summed E-state index contributed by atoms with van der Waals surface area (Å²) < 4.78 is 11.1. The quantitative estimate of drug-likeness (QED) is 0.518. The number of aryl methyl sites for hydroxylation is 1. The molecule has 1 aromatic rings. The molecule has 0 radical (unpaired) electrons. The number of allylic oxidation sites excluding steroid dienone is 2. The molecule has 1 aromatic heterocycles. The summed E-state index contributed by atoms with van der Waals surface area (Å²) in [6, 6.07) is 0. The van der Waals surface area contributed by atoms with E-state index in [0.717, 1.165) is 41.7 Å². The molecule has 2 heterocycles. The van der Waals surface area contributed by atoms with Gasteiger partial charge in [0.15, 0.2) is 0 Å². The van der Waals surface area contributed by atoms with Crippen LogP contribution in [0.2, 0.25) is 0 Å². The summed E-state index contributed by atoms with van der Waals surface area (Å²) in [5, 5.41) is 0. The van der Waals surface area contributed by atoms with Crippen LogP contribution in [0.15, 0.2) is 34.0 Å². The lowest BCUT2D eigenvalue weighted by molar-refractivity contribution is -0.140. The largest absolute Gasteiger partial charge is 0.468 e. The summed E-state index contributed by atoms with van der Waals surface area (Å²) in [6.07, 6.45) is 8.04. The van der Waals surface area contributed by atoms with Gasteiger partial charge in [0.25, 0.3) is 0 Å². The maximum Gasteiger partial charge on any atom is 0.334 e. The van der Waals surface area contributed by atoms with Crippen LogP contribution in [0.3, 0.4) is 0 Å². The van der Waals surface area contributed by atoms with Crippen LogP contribution in [0.1, 0.15) is 42.8 Å². The zero-order valence-electron chi connectivity index (χ0n) is 10.7. The summed E-state index contributed by atoms with van der Waals surface area (Å²) in [7, 11) is 0. The number of hydrogen-bond acceptors (Lipinski definition) is 3. The number of rotatable bonds is 0. The summed E-state index contributed by atoms with van der Waals surface area (Å²) in [5.74, 6) is 0.734. The molecule has 2 bridgehead atoms. The van der Waals surface area contributed by atoms with Crippen molar-refractivity contribution >= 4 is 5.97 Å². The Bertz CT molecular complexity index is 560. The molecule has 0 spiro atoms. The van der Waals surface area contributed by atoms with Gasteiger partial charge in [-0.3, -0.25) is 0 Å².